The molecule has 4 heteroatoms. The fourth-order valence-electron chi connectivity index (χ4n) is 2.53. The zero-order valence-corrected chi connectivity index (χ0v) is 12.2. The summed E-state index contributed by atoms with van der Waals surface area (Å²) in [6.45, 7) is 4.39. The molecule has 1 aromatic carbocycles. The van der Waals surface area contributed by atoms with Crippen molar-refractivity contribution in [2.75, 3.05) is 39.3 Å². The maximum Gasteiger partial charge on any atom is 0.149 e. The SMILES string of the molecule is COc1cc(OC)c(N2CCC(C)CC2)c(OC)c1. The van der Waals surface area contributed by atoms with Gasteiger partial charge in [0.2, 0.25) is 0 Å². The molecular weight excluding hydrogens is 242 g/mol. The van der Waals surface area contributed by atoms with Gasteiger partial charge in [0.25, 0.3) is 0 Å². The molecule has 19 heavy (non-hydrogen) atoms. The van der Waals surface area contributed by atoms with Gasteiger partial charge < -0.3 is 19.1 Å². The van der Waals surface area contributed by atoms with E-state index in [-0.39, 0.29) is 0 Å². The summed E-state index contributed by atoms with van der Waals surface area (Å²) in [6, 6.07) is 3.83. The van der Waals surface area contributed by atoms with Gasteiger partial charge in [0, 0.05) is 25.2 Å². The number of hydrogen-bond donors (Lipinski definition) is 0. The van der Waals surface area contributed by atoms with Crippen LogP contribution in [0.3, 0.4) is 0 Å². The predicted octanol–water partition coefficient (Wildman–Crippen LogP) is 2.95. The van der Waals surface area contributed by atoms with Crippen LogP contribution in [0.2, 0.25) is 0 Å². The Balaban J connectivity index is 2.36. The molecule has 1 aliphatic rings. The topological polar surface area (TPSA) is 30.9 Å². The number of rotatable bonds is 4. The van der Waals surface area contributed by atoms with E-state index in [9.17, 15) is 0 Å². The van der Waals surface area contributed by atoms with Crippen molar-refractivity contribution in [2.45, 2.75) is 19.8 Å². The molecule has 106 valence electrons. The first kappa shape index (κ1) is 13.8. The lowest BCUT2D eigenvalue weighted by Gasteiger charge is -2.34. The molecule has 0 atom stereocenters. The van der Waals surface area contributed by atoms with E-state index in [1.807, 2.05) is 12.1 Å². The van der Waals surface area contributed by atoms with Gasteiger partial charge in [-0.3, -0.25) is 0 Å². The second kappa shape index (κ2) is 6.04. The Morgan fingerprint density at radius 1 is 0.947 bits per heavy atom. The van der Waals surface area contributed by atoms with Crippen LogP contribution < -0.4 is 19.1 Å². The van der Waals surface area contributed by atoms with E-state index in [1.165, 1.54) is 12.8 Å². The third kappa shape index (κ3) is 2.88. The van der Waals surface area contributed by atoms with Gasteiger partial charge in [-0.2, -0.15) is 0 Å². The van der Waals surface area contributed by atoms with Gasteiger partial charge in [-0.25, -0.2) is 0 Å². The van der Waals surface area contributed by atoms with E-state index in [2.05, 4.69) is 11.8 Å². The fourth-order valence-corrected chi connectivity index (χ4v) is 2.53. The quantitative estimate of drug-likeness (QED) is 0.837. The standard InChI is InChI=1S/C15H23NO3/c1-11-5-7-16(8-6-11)15-13(18-3)9-12(17-2)10-14(15)19-4/h9-11H,5-8H2,1-4H3. The number of piperidine rings is 1. The van der Waals surface area contributed by atoms with Crippen molar-refractivity contribution >= 4 is 5.69 Å². The van der Waals surface area contributed by atoms with E-state index in [0.717, 1.165) is 41.9 Å². The number of hydrogen-bond acceptors (Lipinski definition) is 4. The van der Waals surface area contributed by atoms with Crippen LogP contribution in [0.25, 0.3) is 0 Å². The minimum atomic E-state index is 0.753. The minimum Gasteiger partial charge on any atom is -0.496 e. The Bertz CT molecular complexity index is 400. The van der Waals surface area contributed by atoms with Gasteiger partial charge in [-0.15, -0.1) is 0 Å². The van der Waals surface area contributed by atoms with Crippen LogP contribution in [0.4, 0.5) is 5.69 Å². The number of methoxy groups -OCH3 is 3. The molecule has 0 N–H and O–H groups in total. The first-order chi connectivity index (χ1) is 9.19. The van der Waals surface area contributed by atoms with E-state index in [0.29, 0.717) is 0 Å². The van der Waals surface area contributed by atoms with Crippen molar-refractivity contribution in [2.24, 2.45) is 5.92 Å². The van der Waals surface area contributed by atoms with Crippen LogP contribution in [0.1, 0.15) is 19.8 Å². The highest BCUT2D eigenvalue weighted by Gasteiger charge is 2.23. The van der Waals surface area contributed by atoms with E-state index >= 15 is 0 Å². The normalized spacial score (nSPS) is 16.3. The molecule has 0 unspecified atom stereocenters. The highest BCUT2D eigenvalue weighted by atomic mass is 16.5. The van der Waals surface area contributed by atoms with Crippen molar-refractivity contribution in [1.29, 1.82) is 0 Å². The molecule has 1 aromatic rings. The molecule has 2 rings (SSSR count). The molecule has 1 aliphatic heterocycles. The number of anilines is 1. The van der Waals surface area contributed by atoms with Crippen LogP contribution in [0, 0.1) is 5.92 Å². The smallest absolute Gasteiger partial charge is 0.149 e. The van der Waals surface area contributed by atoms with Gasteiger partial charge in [0.15, 0.2) is 0 Å². The Kier molecular flexibility index (Phi) is 4.40. The Hall–Kier alpha value is -1.58. The van der Waals surface area contributed by atoms with E-state index < -0.39 is 0 Å². The third-order valence-corrected chi connectivity index (χ3v) is 3.79. The lowest BCUT2D eigenvalue weighted by molar-refractivity contribution is 0.369. The fraction of sp³-hybridized carbons (Fsp3) is 0.600. The predicted molar refractivity (Wildman–Crippen MR) is 76.7 cm³/mol. The van der Waals surface area contributed by atoms with E-state index in [4.69, 9.17) is 14.2 Å². The molecule has 0 aliphatic carbocycles. The Labute approximate surface area is 115 Å². The van der Waals surface area contributed by atoms with Crippen molar-refractivity contribution in [3.8, 4) is 17.2 Å². The van der Waals surface area contributed by atoms with Gasteiger partial charge >= 0.3 is 0 Å². The van der Waals surface area contributed by atoms with Crippen LogP contribution in [-0.4, -0.2) is 34.4 Å². The summed E-state index contributed by atoms with van der Waals surface area (Å²) in [5.41, 5.74) is 1.04. The summed E-state index contributed by atoms with van der Waals surface area (Å²) >= 11 is 0. The first-order valence-electron chi connectivity index (χ1n) is 6.74. The van der Waals surface area contributed by atoms with Gasteiger partial charge in [-0.1, -0.05) is 6.92 Å². The molecule has 0 saturated carbocycles. The van der Waals surface area contributed by atoms with Crippen molar-refractivity contribution in [3.63, 3.8) is 0 Å². The molecule has 0 radical (unpaired) electrons. The van der Waals surface area contributed by atoms with Crippen LogP contribution in [-0.2, 0) is 0 Å². The molecule has 1 saturated heterocycles. The lowest BCUT2D eigenvalue weighted by Crippen LogP contribution is -2.33. The van der Waals surface area contributed by atoms with E-state index in [1.54, 1.807) is 21.3 Å². The van der Waals surface area contributed by atoms with Crippen molar-refractivity contribution in [3.05, 3.63) is 12.1 Å². The van der Waals surface area contributed by atoms with Crippen LogP contribution >= 0.6 is 0 Å². The molecule has 4 nitrogen and oxygen atoms in total. The molecule has 0 amide bonds. The lowest BCUT2D eigenvalue weighted by atomic mass is 9.98. The Morgan fingerprint density at radius 2 is 1.47 bits per heavy atom. The summed E-state index contributed by atoms with van der Waals surface area (Å²) in [5, 5.41) is 0. The number of nitrogens with zero attached hydrogens (tertiary/aromatic N) is 1. The van der Waals surface area contributed by atoms with Crippen molar-refractivity contribution in [1.82, 2.24) is 0 Å². The van der Waals surface area contributed by atoms with Crippen LogP contribution in [0.15, 0.2) is 12.1 Å². The first-order valence-corrected chi connectivity index (χ1v) is 6.74. The molecule has 0 aromatic heterocycles. The van der Waals surface area contributed by atoms with Crippen molar-refractivity contribution < 1.29 is 14.2 Å². The summed E-state index contributed by atoms with van der Waals surface area (Å²) in [7, 11) is 5.02. The average molecular weight is 265 g/mol. The zero-order valence-electron chi connectivity index (χ0n) is 12.2. The highest BCUT2D eigenvalue weighted by molar-refractivity contribution is 5.70. The van der Waals surface area contributed by atoms with Gasteiger partial charge in [0.1, 0.15) is 22.9 Å². The molecule has 1 heterocycles. The highest BCUT2D eigenvalue weighted by Crippen LogP contribution is 2.42. The number of ether oxygens (including phenoxy) is 3. The summed E-state index contributed by atoms with van der Waals surface area (Å²) in [6.07, 6.45) is 2.41. The summed E-state index contributed by atoms with van der Waals surface area (Å²) in [4.78, 5) is 2.34. The molecule has 0 bridgehead atoms. The van der Waals surface area contributed by atoms with Gasteiger partial charge in [-0.05, 0) is 18.8 Å². The zero-order chi connectivity index (χ0) is 13.8. The largest absolute Gasteiger partial charge is 0.496 e. The summed E-state index contributed by atoms with van der Waals surface area (Å²) < 4.78 is 16.3. The van der Waals surface area contributed by atoms with Crippen LogP contribution in [0.5, 0.6) is 17.2 Å². The van der Waals surface area contributed by atoms with Gasteiger partial charge in [0.05, 0.1) is 21.3 Å². The summed E-state index contributed by atoms with van der Waals surface area (Å²) in [5.74, 6) is 3.17. The molecule has 0 spiro atoms. The second-order valence-corrected chi connectivity index (χ2v) is 5.05. The Morgan fingerprint density at radius 3 is 1.89 bits per heavy atom. The monoisotopic (exact) mass is 265 g/mol. The third-order valence-electron chi connectivity index (χ3n) is 3.79. The number of benzene rings is 1. The molecule has 1 fully saturated rings. The maximum absolute atomic E-state index is 5.51. The minimum absolute atomic E-state index is 0.753. The maximum atomic E-state index is 5.51. The molecular formula is C15H23NO3. The average Bonchev–Trinajstić information content (AvgIpc) is 2.46. The second-order valence-electron chi connectivity index (χ2n) is 5.05.